The molecule has 0 saturated carbocycles. The van der Waals surface area contributed by atoms with Crippen LogP contribution in [0.5, 0.6) is 0 Å². The van der Waals surface area contributed by atoms with Crippen LogP contribution in [0.3, 0.4) is 0 Å². The fourth-order valence-corrected chi connectivity index (χ4v) is 4.96. The van der Waals surface area contributed by atoms with Crippen molar-refractivity contribution in [3.8, 4) is 0 Å². The number of hydrogen-bond acceptors (Lipinski definition) is 3. The molecule has 2 aromatic carbocycles. The first-order chi connectivity index (χ1) is 13.5. The van der Waals surface area contributed by atoms with E-state index in [4.69, 9.17) is 12.2 Å². The minimum absolute atomic E-state index is 0.0470. The minimum Gasteiger partial charge on any atom is -0.347 e. The van der Waals surface area contributed by atoms with Crippen LogP contribution >= 0.6 is 24.0 Å². The zero-order chi connectivity index (χ0) is 19.8. The van der Waals surface area contributed by atoms with E-state index in [1.807, 2.05) is 38.1 Å². The number of para-hydroxylation sites is 1. The van der Waals surface area contributed by atoms with E-state index in [-0.39, 0.29) is 5.91 Å². The first-order valence-corrected chi connectivity index (χ1v) is 10.6. The standard InChI is InChI=1S/C23H22N2OS2/c1-4-11-24-14-17(18-7-5-6-8-20(18)24)13-21-22(26)25(23(27)28-21)19-10-9-15(2)12-16(19)3/h5-10,12-14H,4,11H2,1-3H3/b21-13+. The van der Waals surface area contributed by atoms with E-state index < -0.39 is 0 Å². The summed E-state index contributed by atoms with van der Waals surface area (Å²) >= 11 is 6.93. The molecule has 0 aliphatic carbocycles. The van der Waals surface area contributed by atoms with E-state index in [9.17, 15) is 4.79 Å². The highest BCUT2D eigenvalue weighted by Gasteiger charge is 2.34. The topological polar surface area (TPSA) is 25.2 Å². The van der Waals surface area contributed by atoms with Crippen molar-refractivity contribution >= 4 is 56.9 Å². The van der Waals surface area contributed by atoms with Crippen LogP contribution in [-0.2, 0) is 11.3 Å². The third-order valence-corrected chi connectivity index (χ3v) is 6.26. The maximum atomic E-state index is 13.2. The number of nitrogens with zero attached hydrogens (tertiary/aromatic N) is 2. The molecule has 1 saturated heterocycles. The van der Waals surface area contributed by atoms with E-state index in [2.05, 4.69) is 42.0 Å². The Morgan fingerprint density at radius 2 is 1.93 bits per heavy atom. The van der Waals surface area contributed by atoms with Crippen molar-refractivity contribution in [2.24, 2.45) is 0 Å². The largest absolute Gasteiger partial charge is 0.347 e. The van der Waals surface area contributed by atoms with Gasteiger partial charge in [-0.25, -0.2) is 0 Å². The second-order valence-corrected chi connectivity index (χ2v) is 8.78. The summed E-state index contributed by atoms with van der Waals surface area (Å²) in [5.41, 5.74) is 5.35. The Kier molecular flexibility index (Phi) is 5.13. The van der Waals surface area contributed by atoms with Gasteiger partial charge < -0.3 is 4.57 Å². The number of benzene rings is 2. The van der Waals surface area contributed by atoms with Crippen LogP contribution in [0.2, 0.25) is 0 Å². The van der Waals surface area contributed by atoms with Crippen molar-refractivity contribution in [3.05, 3.63) is 70.3 Å². The molecule has 3 aromatic rings. The number of amides is 1. The minimum atomic E-state index is -0.0470. The number of hydrogen-bond donors (Lipinski definition) is 0. The molecule has 1 aromatic heterocycles. The molecule has 1 fully saturated rings. The Bertz CT molecular complexity index is 1130. The molecule has 28 heavy (non-hydrogen) atoms. The van der Waals surface area contributed by atoms with Gasteiger partial charge in [0.25, 0.3) is 5.91 Å². The molecule has 0 N–H and O–H groups in total. The predicted molar refractivity (Wildman–Crippen MR) is 124 cm³/mol. The summed E-state index contributed by atoms with van der Waals surface area (Å²) < 4.78 is 2.84. The van der Waals surface area contributed by atoms with Crippen molar-refractivity contribution in [1.82, 2.24) is 4.57 Å². The van der Waals surface area contributed by atoms with Gasteiger partial charge in [0, 0.05) is 29.2 Å². The molecule has 0 unspecified atom stereocenters. The number of thiocarbonyl (C=S) groups is 1. The molecule has 3 nitrogen and oxygen atoms in total. The quantitative estimate of drug-likeness (QED) is 0.388. The predicted octanol–water partition coefficient (Wildman–Crippen LogP) is 6.07. The molecular weight excluding hydrogens is 384 g/mol. The van der Waals surface area contributed by atoms with Gasteiger partial charge in [-0.05, 0) is 44.0 Å². The second-order valence-electron chi connectivity index (χ2n) is 7.10. The summed E-state index contributed by atoms with van der Waals surface area (Å²) in [5.74, 6) is -0.0470. The average Bonchev–Trinajstić information content (AvgIpc) is 3.14. The lowest BCUT2D eigenvalue weighted by Crippen LogP contribution is -2.28. The maximum Gasteiger partial charge on any atom is 0.270 e. The Morgan fingerprint density at radius 3 is 2.68 bits per heavy atom. The molecule has 0 spiro atoms. The molecule has 4 rings (SSSR count). The van der Waals surface area contributed by atoms with Crippen molar-refractivity contribution in [3.63, 3.8) is 0 Å². The highest BCUT2D eigenvalue weighted by molar-refractivity contribution is 8.27. The number of carbonyl (C=O) groups excluding carboxylic acids is 1. The fourth-order valence-electron chi connectivity index (χ4n) is 3.69. The maximum absolute atomic E-state index is 13.2. The summed E-state index contributed by atoms with van der Waals surface area (Å²) in [7, 11) is 0. The number of aryl methyl sites for hydroxylation is 3. The molecule has 0 atom stereocenters. The van der Waals surface area contributed by atoms with Crippen LogP contribution in [0.4, 0.5) is 5.69 Å². The van der Waals surface area contributed by atoms with Gasteiger partial charge in [0.2, 0.25) is 0 Å². The molecule has 1 amide bonds. The fraction of sp³-hybridized carbons (Fsp3) is 0.217. The van der Waals surface area contributed by atoms with Gasteiger partial charge in [-0.3, -0.25) is 9.69 Å². The normalized spacial score (nSPS) is 16.0. The zero-order valence-electron chi connectivity index (χ0n) is 16.2. The highest BCUT2D eigenvalue weighted by atomic mass is 32.2. The van der Waals surface area contributed by atoms with Gasteiger partial charge >= 0.3 is 0 Å². The van der Waals surface area contributed by atoms with Gasteiger partial charge in [-0.2, -0.15) is 0 Å². The van der Waals surface area contributed by atoms with Gasteiger partial charge in [-0.15, -0.1) is 0 Å². The van der Waals surface area contributed by atoms with E-state index >= 15 is 0 Å². The monoisotopic (exact) mass is 406 g/mol. The van der Waals surface area contributed by atoms with Gasteiger partial charge in [0.1, 0.15) is 0 Å². The zero-order valence-corrected chi connectivity index (χ0v) is 17.9. The molecule has 1 aliphatic rings. The molecule has 142 valence electrons. The van der Waals surface area contributed by atoms with Crippen molar-refractivity contribution in [2.45, 2.75) is 33.7 Å². The lowest BCUT2D eigenvalue weighted by molar-refractivity contribution is -0.113. The molecule has 2 heterocycles. The SMILES string of the molecule is CCCn1cc(/C=C2/SC(=S)N(c3ccc(C)cc3C)C2=O)c2ccccc21. The van der Waals surface area contributed by atoms with Gasteiger partial charge in [0.15, 0.2) is 4.32 Å². The number of aromatic nitrogens is 1. The Balaban J connectivity index is 1.75. The summed E-state index contributed by atoms with van der Waals surface area (Å²) in [6.45, 7) is 7.19. The van der Waals surface area contributed by atoms with Crippen LogP contribution in [0.25, 0.3) is 17.0 Å². The Morgan fingerprint density at radius 1 is 1.14 bits per heavy atom. The average molecular weight is 407 g/mol. The first-order valence-electron chi connectivity index (χ1n) is 9.42. The van der Waals surface area contributed by atoms with Gasteiger partial charge in [-0.1, -0.05) is 66.8 Å². The number of thioether (sulfide) groups is 1. The van der Waals surface area contributed by atoms with E-state index in [0.717, 1.165) is 35.2 Å². The van der Waals surface area contributed by atoms with Crippen LogP contribution < -0.4 is 4.90 Å². The highest BCUT2D eigenvalue weighted by Crippen LogP contribution is 2.38. The third-order valence-electron chi connectivity index (χ3n) is 4.96. The molecular formula is C23H22N2OS2. The lowest BCUT2D eigenvalue weighted by atomic mass is 10.1. The molecule has 5 heteroatoms. The molecule has 1 aliphatic heterocycles. The number of fused-ring (bicyclic) bond motifs is 1. The number of rotatable bonds is 4. The third kappa shape index (κ3) is 3.29. The summed E-state index contributed by atoms with van der Waals surface area (Å²) in [5, 5.41) is 1.16. The van der Waals surface area contributed by atoms with E-state index in [1.54, 1.807) is 4.90 Å². The molecule has 0 radical (unpaired) electrons. The Hall–Kier alpha value is -2.37. The number of anilines is 1. The second kappa shape index (κ2) is 7.57. The van der Waals surface area contributed by atoms with Crippen LogP contribution in [0.15, 0.2) is 53.6 Å². The number of carbonyl (C=O) groups is 1. The van der Waals surface area contributed by atoms with Crippen LogP contribution in [0.1, 0.15) is 30.0 Å². The summed E-state index contributed by atoms with van der Waals surface area (Å²) in [6.07, 6.45) is 5.18. The lowest BCUT2D eigenvalue weighted by Gasteiger charge is -2.17. The van der Waals surface area contributed by atoms with Crippen molar-refractivity contribution < 1.29 is 4.79 Å². The van der Waals surface area contributed by atoms with Crippen molar-refractivity contribution in [2.75, 3.05) is 4.90 Å². The Labute approximate surface area is 175 Å². The first kappa shape index (κ1) is 19.0. The van der Waals surface area contributed by atoms with Crippen LogP contribution in [-0.4, -0.2) is 14.8 Å². The van der Waals surface area contributed by atoms with Crippen LogP contribution in [0, 0.1) is 13.8 Å². The summed E-state index contributed by atoms with van der Waals surface area (Å²) in [4.78, 5) is 15.5. The van der Waals surface area contributed by atoms with E-state index in [0.29, 0.717) is 9.23 Å². The van der Waals surface area contributed by atoms with E-state index in [1.165, 1.54) is 22.8 Å². The van der Waals surface area contributed by atoms with Gasteiger partial charge in [0.05, 0.1) is 10.6 Å². The summed E-state index contributed by atoms with van der Waals surface area (Å²) in [6, 6.07) is 14.4. The smallest absolute Gasteiger partial charge is 0.270 e. The molecule has 0 bridgehead atoms. The van der Waals surface area contributed by atoms with Crippen molar-refractivity contribution in [1.29, 1.82) is 0 Å².